The highest BCUT2D eigenvalue weighted by Crippen LogP contribution is 2.11. The van der Waals surface area contributed by atoms with Crippen molar-refractivity contribution in [3.05, 3.63) is 30.1 Å². The zero-order chi connectivity index (χ0) is 13.7. The van der Waals surface area contributed by atoms with Crippen molar-refractivity contribution in [3.8, 4) is 17.8 Å². The van der Waals surface area contributed by atoms with Gasteiger partial charge in [0.1, 0.15) is 12.1 Å². The normalized spacial score (nSPS) is 9.21. The van der Waals surface area contributed by atoms with Gasteiger partial charge in [-0.05, 0) is 36.4 Å². The second-order valence-corrected chi connectivity index (χ2v) is 3.47. The molecule has 0 spiro atoms. The number of nitriles is 2. The van der Waals surface area contributed by atoms with Crippen molar-refractivity contribution in [1.82, 2.24) is 20.2 Å². The topological polar surface area (TPSA) is 116 Å². The second-order valence-electron chi connectivity index (χ2n) is 3.47. The minimum atomic E-state index is -0.238. The average Bonchev–Trinajstić information content (AvgIpc) is 2.87. The van der Waals surface area contributed by atoms with Gasteiger partial charge in [-0.1, -0.05) is 0 Å². The van der Waals surface area contributed by atoms with E-state index in [2.05, 4.69) is 25.9 Å². The van der Waals surface area contributed by atoms with Crippen LogP contribution < -0.4 is 5.43 Å². The summed E-state index contributed by atoms with van der Waals surface area (Å²) >= 11 is 0. The van der Waals surface area contributed by atoms with E-state index in [1.165, 1.54) is 4.80 Å². The maximum atomic E-state index is 8.53. The second kappa shape index (κ2) is 5.38. The number of benzene rings is 1. The molecule has 0 unspecified atom stereocenters. The molecule has 1 N–H and O–H groups in total. The van der Waals surface area contributed by atoms with E-state index in [4.69, 9.17) is 10.5 Å². The molecule has 1 aromatic carbocycles. The standard InChI is InChI=1S/C11H8N8/c1-8-14-18-19(17-8)11-4-2-9(3-5-11)15-16-10(6-12)7-13/h2-5,15H,1H3. The fraction of sp³-hybridized carbons (Fsp3) is 0.0909. The summed E-state index contributed by atoms with van der Waals surface area (Å²) in [6, 6.07) is 10.3. The molecule has 19 heavy (non-hydrogen) atoms. The lowest BCUT2D eigenvalue weighted by molar-refractivity contribution is 0.719. The SMILES string of the molecule is Cc1nnn(-c2ccc(NN=C(C#N)C#N)cc2)n1. The lowest BCUT2D eigenvalue weighted by Crippen LogP contribution is -2.00. The highest BCUT2D eigenvalue weighted by Gasteiger charge is 2.01. The molecule has 0 bridgehead atoms. The predicted octanol–water partition coefficient (Wildman–Crippen LogP) is 0.786. The van der Waals surface area contributed by atoms with Gasteiger partial charge in [-0.25, -0.2) is 0 Å². The average molecular weight is 252 g/mol. The minimum absolute atomic E-state index is 0.238. The summed E-state index contributed by atoms with van der Waals surface area (Å²) in [6.45, 7) is 1.75. The Bertz CT molecular complexity index is 667. The van der Waals surface area contributed by atoms with Gasteiger partial charge in [0.15, 0.2) is 5.82 Å². The van der Waals surface area contributed by atoms with Crippen molar-refractivity contribution in [2.45, 2.75) is 6.92 Å². The largest absolute Gasteiger partial charge is 0.277 e. The number of hydrazone groups is 1. The Morgan fingerprint density at radius 2 is 1.95 bits per heavy atom. The zero-order valence-electron chi connectivity index (χ0n) is 9.94. The van der Waals surface area contributed by atoms with Crippen LogP contribution in [0.25, 0.3) is 5.69 Å². The molecule has 0 saturated heterocycles. The molecule has 92 valence electrons. The number of aryl methyl sites for hydroxylation is 1. The van der Waals surface area contributed by atoms with Crippen molar-refractivity contribution < 1.29 is 0 Å². The van der Waals surface area contributed by atoms with E-state index in [0.29, 0.717) is 11.5 Å². The van der Waals surface area contributed by atoms with Crippen LogP contribution in [-0.2, 0) is 0 Å². The number of hydrogen-bond acceptors (Lipinski definition) is 7. The molecule has 1 heterocycles. The van der Waals surface area contributed by atoms with Crippen LogP contribution in [0.5, 0.6) is 0 Å². The molecule has 1 aromatic heterocycles. The third-order valence-corrected chi connectivity index (χ3v) is 2.12. The van der Waals surface area contributed by atoms with Gasteiger partial charge in [0.25, 0.3) is 0 Å². The molecule has 0 atom stereocenters. The summed E-state index contributed by atoms with van der Waals surface area (Å²) in [4.78, 5) is 1.40. The lowest BCUT2D eigenvalue weighted by Gasteiger charge is -2.01. The monoisotopic (exact) mass is 252 g/mol. The van der Waals surface area contributed by atoms with Crippen LogP contribution in [0.15, 0.2) is 29.4 Å². The summed E-state index contributed by atoms with van der Waals surface area (Å²) in [7, 11) is 0. The predicted molar refractivity (Wildman–Crippen MR) is 66.2 cm³/mol. The van der Waals surface area contributed by atoms with Crippen LogP contribution >= 0.6 is 0 Å². The van der Waals surface area contributed by atoms with E-state index in [0.717, 1.165) is 5.69 Å². The Hall–Kier alpha value is -3.26. The molecule has 0 saturated carbocycles. The highest BCUT2D eigenvalue weighted by molar-refractivity contribution is 6.10. The third kappa shape index (κ3) is 2.90. The molecule has 8 nitrogen and oxygen atoms in total. The number of rotatable bonds is 3. The quantitative estimate of drug-likeness (QED) is 0.637. The molecule has 0 aliphatic heterocycles. The van der Waals surface area contributed by atoms with E-state index in [1.54, 1.807) is 43.3 Å². The molecular formula is C11H8N8. The fourth-order valence-corrected chi connectivity index (χ4v) is 1.26. The molecule has 0 aliphatic carbocycles. The lowest BCUT2D eigenvalue weighted by atomic mass is 10.3. The molecular weight excluding hydrogens is 244 g/mol. The number of hydrogen-bond donors (Lipinski definition) is 1. The number of nitrogens with one attached hydrogen (secondary N) is 1. The number of nitrogens with zero attached hydrogens (tertiary/aromatic N) is 7. The summed E-state index contributed by atoms with van der Waals surface area (Å²) in [6.07, 6.45) is 0. The molecule has 2 aromatic rings. The first-order valence-corrected chi connectivity index (χ1v) is 5.24. The number of anilines is 1. The first kappa shape index (κ1) is 12.2. The van der Waals surface area contributed by atoms with Crippen molar-refractivity contribution in [3.63, 3.8) is 0 Å². The van der Waals surface area contributed by atoms with Crippen LogP contribution in [0.2, 0.25) is 0 Å². The van der Waals surface area contributed by atoms with E-state index < -0.39 is 0 Å². The first-order valence-electron chi connectivity index (χ1n) is 5.24. The van der Waals surface area contributed by atoms with Gasteiger partial charge in [-0.2, -0.15) is 15.6 Å². The van der Waals surface area contributed by atoms with Crippen LogP contribution in [0, 0.1) is 29.6 Å². The van der Waals surface area contributed by atoms with E-state index in [9.17, 15) is 0 Å². The third-order valence-electron chi connectivity index (χ3n) is 2.12. The molecule has 8 heteroatoms. The summed E-state index contributed by atoms with van der Waals surface area (Å²) < 4.78 is 0. The Morgan fingerprint density at radius 3 is 2.47 bits per heavy atom. The van der Waals surface area contributed by atoms with E-state index in [1.807, 2.05) is 0 Å². The molecule has 0 aliphatic rings. The van der Waals surface area contributed by atoms with Gasteiger partial charge in [-0.3, -0.25) is 5.43 Å². The smallest absolute Gasteiger partial charge is 0.237 e. The van der Waals surface area contributed by atoms with Gasteiger partial charge in [0.05, 0.1) is 11.4 Å². The van der Waals surface area contributed by atoms with Crippen molar-refractivity contribution in [1.29, 1.82) is 10.5 Å². The van der Waals surface area contributed by atoms with Crippen LogP contribution in [0.4, 0.5) is 5.69 Å². The molecule has 0 radical (unpaired) electrons. The fourth-order valence-electron chi connectivity index (χ4n) is 1.26. The maximum absolute atomic E-state index is 8.53. The van der Waals surface area contributed by atoms with Crippen LogP contribution in [-0.4, -0.2) is 25.9 Å². The Morgan fingerprint density at radius 1 is 1.26 bits per heavy atom. The van der Waals surface area contributed by atoms with Crippen LogP contribution in [0.3, 0.4) is 0 Å². The van der Waals surface area contributed by atoms with Crippen LogP contribution in [0.1, 0.15) is 5.82 Å². The Balaban J connectivity index is 2.14. The molecule has 0 amide bonds. The van der Waals surface area contributed by atoms with E-state index >= 15 is 0 Å². The zero-order valence-corrected chi connectivity index (χ0v) is 9.94. The Kier molecular flexibility index (Phi) is 3.46. The number of aromatic nitrogens is 4. The van der Waals surface area contributed by atoms with E-state index in [-0.39, 0.29) is 5.71 Å². The minimum Gasteiger partial charge on any atom is -0.277 e. The molecule has 2 rings (SSSR count). The number of tetrazole rings is 1. The van der Waals surface area contributed by atoms with Crippen molar-refractivity contribution in [2.75, 3.05) is 5.43 Å². The summed E-state index contributed by atoms with van der Waals surface area (Å²) in [5.41, 5.74) is 3.76. The van der Waals surface area contributed by atoms with Gasteiger partial charge in [0, 0.05) is 0 Å². The summed E-state index contributed by atoms with van der Waals surface area (Å²) in [5, 5.41) is 32.4. The first-order chi connectivity index (χ1) is 9.22. The van der Waals surface area contributed by atoms with Gasteiger partial charge < -0.3 is 0 Å². The molecule has 0 fully saturated rings. The van der Waals surface area contributed by atoms with Gasteiger partial charge >= 0.3 is 0 Å². The van der Waals surface area contributed by atoms with Gasteiger partial charge in [0.2, 0.25) is 5.71 Å². The van der Waals surface area contributed by atoms with Crippen molar-refractivity contribution >= 4 is 11.4 Å². The highest BCUT2D eigenvalue weighted by atomic mass is 15.6. The van der Waals surface area contributed by atoms with Crippen molar-refractivity contribution in [2.24, 2.45) is 5.10 Å². The summed E-state index contributed by atoms with van der Waals surface area (Å²) in [5.74, 6) is 0.583. The van der Waals surface area contributed by atoms with Gasteiger partial charge in [-0.15, -0.1) is 15.0 Å². The Labute approximate surface area is 108 Å². The maximum Gasteiger partial charge on any atom is 0.237 e.